The first kappa shape index (κ1) is 12.4. The lowest BCUT2D eigenvalue weighted by atomic mass is 9.76. The summed E-state index contributed by atoms with van der Waals surface area (Å²) in [6.45, 7) is 6.28. The van der Waals surface area contributed by atoms with Gasteiger partial charge in [-0.25, -0.2) is 4.39 Å². The van der Waals surface area contributed by atoms with E-state index in [9.17, 15) is 4.39 Å². The molecule has 1 aromatic carbocycles. The van der Waals surface area contributed by atoms with Gasteiger partial charge in [0.2, 0.25) is 0 Å². The molecule has 1 saturated heterocycles. The number of benzene rings is 1. The molecule has 2 rings (SSSR count). The van der Waals surface area contributed by atoms with Gasteiger partial charge in [0.25, 0.3) is 0 Å². The lowest BCUT2D eigenvalue weighted by Crippen LogP contribution is -2.36. The number of aryl methyl sites for hydroxylation is 1. The Morgan fingerprint density at radius 3 is 2.65 bits per heavy atom. The van der Waals surface area contributed by atoms with Crippen LogP contribution in [0.1, 0.15) is 19.4 Å². The predicted molar refractivity (Wildman–Crippen MR) is 64.2 cm³/mol. The molecule has 0 saturated carbocycles. The van der Waals surface area contributed by atoms with Crippen LogP contribution in [0.15, 0.2) is 12.1 Å². The van der Waals surface area contributed by atoms with Gasteiger partial charge in [-0.3, -0.25) is 0 Å². The lowest BCUT2D eigenvalue weighted by Gasteiger charge is -2.16. The minimum absolute atomic E-state index is 0.211. The molecule has 0 unspecified atom stereocenters. The summed E-state index contributed by atoms with van der Waals surface area (Å²) in [5.41, 5.74) is 1.30. The normalized spacial score (nSPS) is 18.5. The van der Waals surface area contributed by atoms with Crippen LogP contribution in [-0.4, -0.2) is 26.4 Å². The maximum absolute atomic E-state index is 13.5. The molecule has 0 bridgehead atoms. The van der Waals surface area contributed by atoms with Crippen LogP contribution < -0.4 is 10.2 Å². The Kier molecular flexibility index (Phi) is 3.14. The largest absolute Gasteiger partial charge is 0.494 e. The number of ether oxygens (including phenoxy) is 1. The van der Waals surface area contributed by atoms with Gasteiger partial charge in [-0.2, -0.15) is 0 Å². The van der Waals surface area contributed by atoms with Crippen LogP contribution >= 0.6 is 0 Å². The van der Waals surface area contributed by atoms with Gasteiger partial charge in [-0.05, 0) is 43.9 Å². The number of hydrogen-bond acceptors (Lipinski definition) is 3. The monoisotopic (exact) mass is 238 g/mol. The Labute approximate surface area is 101 Å². The summed E-state index contributed by atoms with van der Waals surface area (Å²) in [7, 11) is 0.997. The number of halogens is 1. The van der Waals surface area contributed by atoms with Crippen LogP contribution in [0.4, 0.5) is 4.39 Å². The second kappa shape index (κ2) is 4.31. The van der Waals surface area contributed by atoms with E-state index in [1.165, 1.54) is 13.2 Å². The van der Waals surface area contributed by atoms with Crippen LogP contribution in [0.3, 0.4) is 0 Å². The van der Waals surface area contributed by atoms with E-state index < -0.39 is 7.12 Å². The highest BCUT2D eigenvalue weighted by atomic mass is 19.1. The Bertz CT molecular complexity index is 434. The van der Waals surface area contributed by atoms with Gasteiger partial charge in [0.05, 0.1) is 19.3 Å². The van der Waals surface area contributed by atoms with Crippen molar-refractivity contribution in [3.05, 3.63) is 23.5 Å². The molecule has 0 amide bonds. The molecule has 0 N–H and O–H groups in total. The first-order chi connectivity index (χ1) is 7.93. The molecule has 17 heavy (non-hydrogen) atoms. The summed E-state index contributed by atoms with van der Waals surface area (Å²) >= 11 is 0. The van der Waals surface area contributed by atoms with Crippen molar-refractivity contribution in [3.8, 4) is 5.75 Å². The lowest BCUT2D eigenvalue weighted by molar-refractivity contribution is 0.137. The third kappa shape index (κ3) is 2.45. The molecular formula is C12H16BFO3. The van der Waals surface area contributed by atoms with Gasteiger partial charge in [0.15, 0.2) is 11.6 Å². The molecule has 0 aliphatic carbocycles. The van der Waals surface area contributed by atoms with E-state index >= 15 is 0 Å². The molecule has 1 aromatic rings. The van der Waals surface area contributed by atoms with Crippen molar-refractivity contribution >= 4 is 12.6 Å². The quantitative estimate of drug-likeness (QED) is 0.733. The number of rotatable bonds is 2. The van der Waals surface area contributed by atoms with Crippen LogP contribution in [0.5, 0.6) is 5.75 Å². The van der Waals surface area contributed by atoms with Crippen molar-refractivity contribution in [2.24, 2.45) is 0 Å². The van der Waals surface area contributed by atoms with E-state index in [-0.39, 0.29) is 17.2 Å². The molecule has 92 valence electrons. The van der Waals surface area contributed by atoms with Crippen molar-refractivity contribution in [2.45, 2.75) is 26.4 Å². The van der Waals surface area contributed by atoms with Crippen molar-refractivity contribution in [1.82, 2.24) is 0 Å². The minimum atomic E-state index is -0.445. The van der Waals surface area contributed by atoms with Gasteiger partial charge in [-0.15, -0.1) is 0 Å². The van der Waals surface area contributed by atoms with Gasteiger partial charge in [-0.1, -0.05) is 0 Å². The first-order valence-electron chi connectivity index (χ1n) is 5.56. The number of methoxy groups -OCH3 is 1. The Morgan fingerprint density at radius 1 is 1.41 bits per heavy atom. The number of hydrogen-bond donors (Lipinski definition) is 0. The van der Waals surface area contributed by atoms with Gasteiger partial charge in [0, 0.05) is 0 Å². The van der Waals surface area contributed by atoms with Crippen molar-refractivity contribution in [2.75, 3.05) is 13.7 Å². The minimum Gasteiger partial charge on any atom is -0.494 e. The van der Waals surface area contributed by atoms with Crippen molar-refractivity contribution < 1.29 is 18.4 Å². The molecule has 1 aliphatic heterocycles. The SMILES string of the molecule is COc1cc(B2OCC(C)(C)O2)c(C)cc1F. The first-order valence-corrected chi connectivity index (χ1v) is 5.56. The van der Waals surface area contributed by atoms with Gasteiger partial charge >= 0.3 is 7.12 Å². The summed E-state index contributed by atoms with van der Waals surface area (Å²) < 4.78 is 29.8. The van der Waals surface area contributed by atoms with Gasteiger partial charge < -0.3 is 14.0 Å². The summed E-state index contributed by atoms with van der Waals surface area (Å²) in [5.74, 6) is -0.159. The van der Waals surface area contributed by atoms with Gasteiger partial charge in [0.1, 0.15) is 0 Å². The third-order valence-corrected chi connectivity index (χ3v) is 2.80. The molecule has 1 aliphatic rings. The fourth-order valence-corrected chi connectivity index (χ4v) is 1.87. The average Bonchev–Trinajstić information content (AvgIpc) is 2.59. The predicted octanol–water partition coefficient (Wildman–Crippen LogP) is 1.66. The maximum Gasteiger partial charge on any atom is 0.494 e. The molecule has 0 aromatic heterocycles. The Hall–Kier alpha value is -1.07. The summed E-state index contributed by atoms with van der Waals surface area (Å²) in [5, 5.41) is 0. The van der Waals surface area contributed by atoms with Crippen molar-refractivity contribution in [3.63, 3.8) is 0 Å². The molecule has 0 spiro atoms. The smallest absolute Gasteiger partial charge is 0.494 e. The fourth-order valence-electron chi connectivity index (χ4n) is 1.87. The Balaban J connectivity index is 2.33. The van der Waals surface area contributed by atoms with E-state index in [0.29, 0.717) is 6.61 Å². The van der Waals surface area contributed by atoms with E-state index in [4.69, 9.17) is 14.0 Å². The average molecular weight is 238 g/mol. The van der Waals surface area contributed by atoms with Crippen LogP contribution in [0.2, 0.25) is 0 Å². The fraction of sp³-hybridized carbons (Fsp3) is 0.500. The highest BCUT2D eigenvalue weighted by molar-refractivity contribution is 6.62. The molecule has 1 heterocycles. The van der Waals surface area contributed by atoms with E-state index in [1.807, 2.05) is 20.8 Å². The van der Waals surface area contributed by atoms with E-state index in [2.05, 4.69) is 0 Å². The Morgan fingerprint density at radius 2 is 2.12 bits per heavy atom. The highest BCUT2D eigenvalue weighted by Crippen LogP contribution is 2.23. The van der Waals surface area contributed by atoms with Crippen LogP contribution in [0.25, 0.3) is 0 Å². The zero-order valence-corrected chi connectivity index (χ0v) is 10.5. The summed E-state index contributed by atoms with van der Waals surface area (Å²) in [6, 6.07) is 3.07. The molecule has 0 radical (unpaired) electrons. The summed E-state index contributed by atoms with van der Waals surface area (Å²) in [4.78, 5) is 0. The van der Waals surface area contributed by atoms with Crippen molar-refractivity contribution in [1.29, 1.82) is 0 Å². The topological polar surface area (TPSA) is 27.7 Å². The zero-order valence-electron chi connectivity index (χ0n) is 10.5. The molecule has 1 fully saturated rings. The highest BCUT2D eigenvalue weighted by Gasteiger charge is 2.39. The standard InChI is InChI=1S/C12H16BFO3/c1-8-5-10(14)11(15-4)6-9(8)13-16-7-12(2,3)17-13/h5-6H,7H2,1-4H3. The molecule has 3 nitrogen and oxygen atoms in total. The zero-order chi connectivity index (χ0) is 12.6. The maximum atomic E-state index is 13.5. The second-order valence-corrected chi connectivity index (χ2v) is 4.86. The van der Waals surface area contributed by atoms with E-state index in [1.54, 1.807) is 6.07 Å². The molecule has 0 atom stereocenters. The molecular weight excluding hydrogens is 222 g/mol. The summed E-state index contributed by atoms with van der Waals surface area (Å²) in [6.07, 6.45) is 0. The van der Waals surface area contributed by atoms with E-state index in [0.717, 1.165) is 11.0 Å². The van der Waals surface area contributed by atoms with Crippen LogP contribution in [0, 0.1) is 12.7 Å². The second-order valence-electron chi connectivity index (χ2n) is 4.86. The van der Waals surface area contributed by atoms with Crippen LogP contribution in [-0.2, 0) is 9.31 Å². The molecule has 5 heteroatoms. The third-order valence-electron chi connectivity index (χ3n) is 2.80.